The topological polar surface area (TPSA) is 105 Å². The number of fused-ring (bicyclic) bond motifs is 1. The summed E-state index contributed by atoms with van der Waals surface area (Å²) in [6.07, 6.45) is 0.480. The molecule has 0 saturated carbocycles. The minimum absolute atomic E-state index is 0.0807. The van der Waals surface area contributed by atoms with E-state index in [1.807, 2.05) is 20.8 Å². The van der Waals surface area contributed by atoms with Gasteiger partial charge in [0.15, 0.2) is 0 Å². The third-order valence-electron chi connectivity index (χ3n) is 4.80. The number of aromatic nitrogens is 3. The number of methoxy groups -OCH3 is 1. The highest BCUT2D eigenvalue weighted by Gasteiger charge is 2.24. The smallest absolute Gasteiger partial charge is 0.368 e. The molecule has 9 nitrogen and oxygen atoms in total. The lowest BCUT2D eigenvalue weighted by Crippen LogP contribution is -2.14. The lowest BCUT2D eigenvalue weighted by atomic mass is 9.86. The second kappa shape index (κ2) is 9.91. The van der Waals surface area contributed by atoms with Gasteiger partial charge in [-0.1, -0.05) is 27.4 Å². The van der Waals surface area contributed by atoms with Gasteiger partial charge in [0.2, 0.25) is 0 Å². The van der Waals surface area contributed by atoms with Crippen molar-refractivity contribution in [3.8, 4) is 22.9 Å². The minimum atomic E-state index is -0.606. The molecule has 1 N–H and O–H groups in total. The maximum absolute atomic E-state index is 11.3. The number of benzene rings is 2. The molecule has 0 spiro atoms. The first kappa shape index (κ1) is 24.1. The highest BCUT2D eigenvalue weighted by Crippen LogP contribution is 2.38. The Bertz CT molecular complexity index is 1160. The van der Waals surface area contributed by atoms with Crippen LogP contribution in [0.3, 0.4) is 0 Å². The van der Waals surface area contributed by atoms with Crippen molar-refractivity contribution in [1.29, 1.82) is 0 Å². The summed E-state index contributed by atoms with van der Waals surface area (Å²) in [5.74, 6) is 0.691. The Hall–Kier alpha value is -3.59. The maximum atomic E-state index is 11.3. The molecule has 0 atom stereocenters. The number of phenols is 1. The van der Waals surface area contributed by atoms with Gasteiger partial charge >= 0.3 is 5.97 Å². The van der Waals surface area contributed by atoms with Crippen LogP contribution in [-0.4, -0.2) is 46.4 Å². The molecule has 0 aliphatic carbocycles. The van der Waals surface area contributed by atoms with E-state index in [2.05, 4.69) is 21.7 Å². The molecule has 3 rings (SSSR count). The van der Waals surface area contributed by atoms with Crippen LogP contribution in [-0.2, 0) is 20.0 Å². The van der Waals surface area contributed by atoms with Crippen molar-refractivity contribution in [3.63, 3.8) is 0 Å². The molecule has 0 saturated heterocycles. The zero-order valence-electron chi connectivity index (χ0n) is 19.5. The van der Waals surface area contributed by atoms with Gasteiger partial charge in [0.25, 0.3) is 0 Å². The van der Waals surface area contributed by atoms with Gasteiger partial charge in [-0.15, -0.1) is 15.0 Å². The van der Waals surface area contributed by atoms with Crippen molar-refractivity contribution < 1.29 is 29.1 Å². The van der Waals surface area contributed by atoms with Gasteiger partial charge in [-0.2, -0.15) is 4.89 Å². The molecule has 0 amide bonds. The summed E-state index contributed by atoms with van der Waals surface area (Å²) in [5.41, 5.74) is 2.31. The van der Waals surface area contributed by atoms with Crippen LogP contribution >= 0.6 is 0 Å². The standard InChI is InChI=1S/C24H29N3O6/c1-15(2)23(29)33-32-11-7-10-31-17-12-18(24(3,4)5)22(28)21(14-17)27-25-19-9-8-16(30-6)13-20(19)26-27/h8-9,12-14,28H,1,7,10-11H2,2-6H3. The Morgan fingerprint density at radius 2 is 1.82 bits per heavy atom. The molecule has 176 valence electrons. The monoisotopic (exact) mass is 455 g/mol. The van der Waals surface area contributed by atoms with E-state index >= 15 is 0 Å². The number of aromatic hydroxyl groups is 1. The van der Waals surface area contributed by atoms with Crippen molar-refractivity contribution in [3.05, 3.63) is 48.0 Å². The average molecular weight is 456 g/mol. The summed E-state index contributed by atoms with van der Waals surface area (Å²) in [6.45, 7) is 11.5. The number of phenolic OH excluding ortho intramolecular Hbond substituents is 1. The quantitative estimate of drug-likeness (QED) is 0.221. The molecule has 0 aliphatic heterocycles. The fraction of sp³-hybridized carbons (Fsp3) is 0.375. The van der Waals surface area contributed by atoms with E-state index in [1.165, 1.54) is 11.7 Å². The summed E-state index contributed by atoms with van der Waals surface area (Å²) in [4.78, 5) is 22.2. The van der Waals surface area contributed by atoms with Crippen LogP contribution in [0.1, 0.15) is 39.7 Å². The lowest BCUT2D eigenvalue weighted by molar-refractivity contribution is -0.269. The molecular formula is C24H29N3O6. The summed E-state index contributed by atoms with van der Waals surface area (Å²) in [5, 5.41) is 20.0. The van der Waals surface area contributed by atoms with E-state index < -0.39 is 5.97 Å². The minimum Gasteiger partial charge on any atom is -0.505 e. The number of nitrogens with zero attached hydrogens (tertiary/aromatic N) is 3. The number of carbonyl (C=O) groups is 1. The van der Waals surface area contributed by atoms with Crippen LogP contribution in [0.5, 0.6) is 17.2 Å². The molecule has 0 radical (unpaired) electrons. The summed E-state index contributed by atoms with van der Waals surface area (Å²) >= 11 is 0. The summed E-state index contributed by atoms with van der Waals surface area (Å²) < 4.78 is 11.1. The number of hydrogen-bond donors (Lipinski definition) is 1. The normalized spacial score (nSPS) is 11.4. The van der Waals surface area contributed by atoms with E-state index in [1.54, 1.807) is 37.4 Å². The Balaban J connectivity index is 1.80. The predicted molar refractivity (Wildman–Crippen MR) is 123 cm³/mol. The van der Waals surface area contributed by atoms with Gasteiger partial charge in [-0.25, -0.2) is 4.79 Å². The van der Waals surface area contributed by atoms with Crippen molar-refractivity contribution in [2.75, 3.05) is 20.3 Å². The molecule has 2 aromatic carbocycles. The molecule has 0 unspecified atom stereocenters. The molecule has 33 heavy (non-hydrogen) atoms. The first-order chi connectivity index (χ1) is 15.6. The zero-order chi connectivity index (χ0) is 24.2. The van der Waals surface area contributed by atoms with Crippen LogP contribution in [0.4, 0.5) is 0 Å². The fourth-order valence-electron chi connectivity index (χ4n) is 3.00. The fourth-order valence-corrected chi connectivity index (χ4v) is 3.00. The van der Waals surface area contributed by atoms with Crippen molar-refractivity contribution in [1.82, 2.24) is 15.0 Å². The van der Waals surface area contributed by atoms with Crippen LogP contribution < -0.4 is 9.47 Å². The Labute approximate surface area is 192 Å². The van der Waals surface area contributed by atoms with Gasteiger partial charge < -0.3 is 14.6 Å². The zero-order valence-corrected chi connectivity index (χ0v) is 19.5. The van der Waals surface area contributed by atoms with E-state index in [9.17, 15) is 9.90 Å². The van der Waals surface area contributed by atoms with Crippen molar-refractivity contribution >= 4 is 17.0 Å². The Morgan fingerprint density at radius 3 is 2.48 bits per heavy atom. The summed E-state index contributed by atoms with van der Waals surface area (Å²) in [6, 6.07) is 8.87. The van der Waals surface area contributed by atoms with Crippen molar-refractivity contribution in [2.24, 2.45) is 0 Å². The molecule has 1 aromatic heterocycles. The van der Waals surface area contributed by atoms with E-state index in [-0.39, 0.29) is 23.3 Å². The number of rotatable bonds is 9. The van der Waals surface area contributed by atoms with Gasteiger partial charge in [-0.05, 0) is 30.5 Å². The van der Waals surface area contributed by atoms with Crippen LogP contribution in [0.15, 0.2) is 42.5 Å². The number of carbonyl (C=O) groups excluding carboxylic acids is 1. The Morgan fingerprint density at radius 1 is 1.09 bits per heavy atom. The molecule has 0 aliphatic rings. The molecule has 3 aromatic rings. The first-order valence-corrected chi connectivity index (χ1v) is 10.5. The van der Waals surface area contributed by atoms with Gasteiger partial charge in [0.1, 0.15) is 34.0 Å². The van der Waals surface area contributed by atoms with E-state index in [0.29, 0.717) is 46.8 Å². The van der Waals surface area contributed by atoms with Gasteiger partial charge in [0.05, 0.1) is 20.3 Å². The third-order valence-corrected chi connectivity index (χ3v) is 4.80. The highest BCUT2D eigenvalue weighted by atomic mass is 17.2. The second-order valence-electron chi connectivity index (χ2n) is 8.61. The molecular weight excluding hydrogens is 426 g/mol. The second-order valence-corrected chi connectivity index (χ2v) is 8.61. The molecule has 1 heterocycles. The average Bonchev–Trinajstić information content (AvgIpc) is 3.18. The van der Waals surface area contributed by atoms with E-state index in [4.69, 9.17) is 14.4 Å². The number of hydrogen-bond acceptors (Lipinski definition) is 8. The molecule has 9 heteroatoms. The van der Waals surface area contributed by atoms with Gasteiger partial charge in [-0.3, -0.25) is 4.89 Å². The van der Waals surface area contributed by atoms with Crippen molar-refractivity contribution in [2.45, 2.75) is 39.5 Å². The van der Waals surface area contributed by atoms with E-state index in [0.717, 1.165) is 0 Å². The van der Waals surface area contributed by atoms with Gasteiger partial charge in [0, 0.05) is 29.7 Å². The third kappa shape index (κ3) is 5.81. The first-order valence-electron chi connectivity index (χ1n) is 10.5. The van der Waals surface area contributed by atoms with Crippen LogP contribution in [0, 0.1) is 0 Å². The maximum Gasteiger partial charge on any atom is 0.368 e. The number of ether oxygens (including phenoxy) is 2. The summed E-state index contributed by atoms with van der Waals surface area (Å²) in [7, 11) is 1.59. The largest absolute Gasteiger partial charge is 0.505 e. The van der Waals surface area contributed by atoms with Crippen LogP contribution in [0.25, 0.3) is 16.7 Å². The Kier molecular flexibility index (Phi) is 7.23. The van der Waals surface area contributed by atoms with Crippen LogP contribution in [0.2, 0.25) is 0 Å². The molecule has 0 bridgehead atoms. The predicted octanol–water partition coefficient (Wildman–Crippen LogP) is 4.25. The highest BCUT2D eigenvalue weighted by molar-refractivity contribution is 5.86. The lowest BCUT2D eigenvalue weighted by Gasteiger charge is -2.23. The molecule has 0 fully saturated rings. The SMILES string of the molecule is C=C(C)C(=O)OOCCCOc1cc(-n2nc3ccc(OC)cc3n2)c(O)c(C(C)(C)C)c1.